The molecule has 0 unspecified atom stereocenters. The summed E-state index contributed by atoms with van der Waals surface area (Å²) in [5.41, 5.74) is 2.53. The van der Waals surface area contributed by atoms with E-state index in [2.05, 4.69) is 4.98 Å². The lowest BCUT2D eigenvalue weighted by Crippen LogP contribution is -2.15. The lowest BCUT2D eigenvalue weighted by molar-refractivity contribution is 0.470. The fourth-order valence-electron chi connectivity index (χ4n) is 2.17. The van der Waals surface area contributed by atoms with Crippen LogP contribution in [-0.2, 0) is 6.42 Å². The number of nitriles is 1. The zero-order chi connectivity index (χ0) is 16.1. The highest BCUT2D eigenvalue weighted by Crippen LogP contribution is 2.30. The predicted octanol–water partition coefficient (Wildman–Crippen LogP) is 4.18. The van der Waals surface area contributed by atoms with Crippen molar-refractivity contribution >= 4 is 28.7 Å². The number of aromatic amines is 1. The topological polar surface area (TPSA) is 65.9 Å². The van der Waals surface area contributed by atoms with E-state index in [0.29, 0.717) is 15.1 Å². The number of hydrogen-bond acceptors (Lipinski definition) is 3. The number of aromatic nitrogens is 1. The van der Waals surface area contributed by atoms with Crippen LogP contribution in [0, 0.1) is 21.8 Å². The summed E-state index contributed by atoms with van der Waals surface area (Å²) in [5, 5.41) is 8.59. The molecular formula is C17H15IN2O2. The fraction of sp³-hybridized carbons (Fsp3) is 0.176. The molecule has 4 nitrogen and oxygen atoms in total. The molecule has 0 fully saturated rings. The van der Waals surface area contributed by atoms with Crippen molar-refractivity contribution in [3.05, 3.63) is 61.1 Å². The van der Waals surface area contributed by atoms with Crippen LogP contribution < -0.4 is 10.3 Å². The standard InChI is InChI=1S/C17H15IN2O2/c1-3-14-11(2)20-17(21)15(18)16(14)22-13-8-4-6-12(10-13)7-5-9-19/h4-8,10H,3H2,1-2H3,(H,20,21)/b7-5+. The van der Waals surface area contributed by atoms with Gasteiger partial charge in [0.25, 0.3) is 5.56 Å². The van der Waals surface area contributed by atoms with Crippen molar-refractivity contribution in [1.82, 2.24) is 4.98 Å². The summed E-state index contributed by atoms with van der Waals surface area (Å²) >= 11 is 2.00. The number of hydrogen-bond donors (Lipinski definition) is 1. The number of nitrogens with one attached hydrogen (secondary N) is 1. The molecule has 0 spiro atoms. The Morgan fingerprint density at radius 1 is 1.45 bits per heavy atom. The molecule has 0 aliphatic heterocycles. The Kier molecular flexibility index (Phi) is 5.39. The maximum Gasteiger partial charge on any atom is 0.265 e. The molecule has 0 amide bonds. The molecule has 0 atom stereocenters. The molecule has 1 N–H and O–H groups in total. The molecule has 0 saturated carbocycles. The first kappa shape index (κ1) is 16.3. The van der Waals surface area contributed by atoms with Crippen LogP contribution >= 0.6 is 22.6 Å². The number of nitrogens with zero attached hydrogens (tertiary/aromatic N) is 1. The molecule has 1 aromatic carbocycles. The molecule has 1 aromatic heterocycles. The Morgan fingerprint density at radius 3 is 2.91 bits per heavy atom. The van der Waals surface area contributed by atoms with Gasteiger partial charge in [-0.2, -0.15) is 5.26 Å². The van der Waals surface area contributed by atoms with E-state index in [1.54, 1.807) is 6.08 Å². The Balaban J connectivity index is 2.45. The predicted molar refractivity (Wildman–Crippen MR) is 95.1 cm³/mol. The van der Waals surface area contributed by atoms with Crippen LogP contribution in [-0.4, -0.2) is 4.98 Å². The molecule has 5 heteroatoms. The number of pyridine rings is 1. The molecule has 2 rings (SSSR count). The number of benzene rings is 1. The molecular weight excluding hydrogens is 391 g/mol. The third kappa shape index (κ3) is 3.57. The summed E-state index contributed by atoms with van der Waals surface area (Å²) in [5.74, 6) is 1.24. The van der Waals surface area contributed by atoms with Gasteiger partial charge in [-0.25, -0.2) is 0 Å². The van der Waals surface area contributed by atoms with Crippen molar-refractivity contribution < 1.29 is 4.74 Å². The maximum atomic E-state index is 11.9. The summed E-state index contributed by atoms with van der Waals surface area (Å²) < 4.78 is 6.51. The van der Waals surface area contributed by atoms with Crippen molar-refractivity contribution in [2.75, 3.05) is 0 Å². The van der Waals surface area contributed by atoms with Gasteiger partial charge in [-0.05, 0) is 59.7 Å². The van der Waals surface area contributed by atoms with Crippen LogP contribution in [0.4, 0.5) is 0 Å². The highest BCUT2D eigenvalue weighted by atomic mass is 127. The van der Waals surface area contributed by atoms with Crippen LogP contribution in [0.15, 0.2) is 35.1 Å². The van der Waals surface area contributed by atoms with Gasteiger partial charge in [0.2, 0.25) is 0 Å². The average Bonchev–Trinajstić information content (AvgIpc) is 2.51. The van der Waals surface area contributed by atoms with E-state index in [4.69, 9.17) is 10.00 Å². The number of aryl methyl sites for hydroxylation is 1. The van der Waals surface area contributed by atoms with Crippen LogP contribution in [0.25, 0.3) is 6.08 Å². The maximum absolute atomic E-state index is 11.9. The first-order valence-electron chi connectivity index (χ1n) is 6.82. The number of allylic oxidation sites excluding steroid dienone is 1. The summed E-state index contributed by atoms with van der Waals surface area (Å²) in [6.07, 6.45) is 3.89. The fourth-order valence-corrected chi connectivity index (χ4v) is 2.74. The van der Waals surface area contributed by atoms with Crippen molar-refractivity contribution in [3.8, 4) is 17.6 Å². The minimum atomic E-state index is -0.147. The van der Waals surface area contributed by atoms with E-state index < -0.39 is 0 Å². The van der Waals surface area contributed by atoms with Crippen molar-refractivity contribution in [3.63, 3.8) is 0 Å². The second kappa shape index (κ2) is 7.27. The molecule has 0 saturated heterocycles. The second-order valence-electron chi connectivity index (χ2n) is 4.69. The van der Waals surface area contributed by atoms with Crippen molar-refractivity contribution in [2.24, 2.45) is 0 Å². The zero-order valence-corrected chi connectivity index (χ0v) is 14.5. The summed E-state index contributed by atoms with van der Waals surface area (Å²) in [6, 6.07) is 9.36. The molecule has 0 radical (unpaired) electrons. The second-order valence-corrected chi connectivity index (χ2v) is 5.77. The van der Waals surface area contributed by atoms with Crippen LogP contribution in [0.5, 0.6) is 11.5 Å². The average molecular weight is 406 g/mol. The zero-order valence-electron chi connectivity index (χ0n) is 12.3. The smallest absolute Gasteiger partial charge is 0.265 e. The van der Waals surface area contributed by atoms with Gasteiger partial charge in [0.15, 0.2) is 5.75 Å². The Bertz CT molecular complexity index is 816. The molecule has 2 aromatic rings. The molecule has 22 heavy (non-hydrogen) atoms. The molecule has 1 heterocycles. The Hall–Kier alpha value is -2.07. The van der Waals surface area contributed by atoms with Gasteiger partial charge in [0.1, 0.15) is 9.32 Å². The molecule has 0 aliphatic carbocycles. The Labute approximate surface area is 142 Å². The molecule has 0 bridgehead atoms. The summed E-state index contributed by atoms with van der Waals surface area (Å²) in [4.78, 5) is 14.8. The van der Waals surface area contributed by atoms with E-state index in [1.807, 2.05) is 66.8 Å². The summed E-state index contributed by atoms with van der Waals surface area (Å²) in [7, 11) is 0. The van der Waals surface area contributed by atoms with Gasteiger partial charge in [0, 0.05) is 17.3 Å². The van der Waals surface area contributed by atoms with Crippen LogP contribution in [0.3, 0.4) is 0 Å². The summed E-state index contributed by atoms with van der Waals surface area (Å²) in [6.45, 7) is 3.89. The highest BCUT2D eigenvalue weighted by Gasteiger charge is 2.15. The van der Waals surface area contributed by atoms with Crippen LogP contribution in [0.1, 0.15) is 23.7 Å². The highest BCUT2D eigenvalue weighted by molar-refractivity contribution is 14.1. The normalized spacial score (nSPS) is 10.6. The molecule has 112 valence electrons. The number of rotatable bonds is 4. The van der Waals surface area contributed by atoms with E-state index in [1.165, 1.54) is 6.08 Å². The minimum Gasteiger partial charge on any atom is -0.456 e. The van der Waals surface area contributed by atoms with Crippen LogP contribution in [0.2, 0.25) is 0 Å². The van der Waals surface area contributed by atoms with Gasteiger partial charge in [-0.3, -0.25) is 4.79 Å². The number of halogens is 1. The van der Waals surface area contributed by atoms with Gasteiger partial charge in [0.05, 0.1) is 6.07 Å². The van der Waals surface area contributed by atoms with Gasteiger partial charge >= 0.3 is 0 Å². The third-order valence-corrected chi connectivity index (χ3v) is 4.19. The third-order valence-electron chi connectivity index (χ3n) is 3.21. The van der Waals surface area contributed by atoms with Gasteiger partial charge in [-0.15, -0.1) is 0 Å². The lowest BCUT2D eigenvalue weighted by atomic mass is 10.1. The SMILES string of the molecule is CCc1c(C)[nH]c(=O)c(I)c1Oc1cccc(/C=C/C#N)c1. The van der Waals surface area contributed by atoms with Gasteiger partial charge in [-0.1, -0.05) is 19.1 Å². The van der Waals surface area contributed by atoms with E-state index >= 15 is 0 Å². The Morgan fingerprint density at radius 2 is 2.23 bits per heavy atom. The number of ether oxygens (including phenoxy) is 1. The monoisotopic (exact) mass is 406 g/mol. The van der Waals surface area contributed by atoms with Crippen molar-refractivity contribution in [1.29, 1.82) is 5.26 Å². The van der Waals surface area contributed by atoms with E-state index in [0.717, 1.165) is 23.2 Å². The first-order chi connectivity index (χ1) is 10.6. The largest absolute Gasteiger partial charge is 0.456 e. The van der Waals surface area contributed by atoms with Crippen molar-refractivity contribution in [2.45, 2.75) is 20.3 Å². The van der Waals surface area contributed by atoms with E-state index in [9.17, 15) is 4.79 Å². The first-order valence-corrected chi connectivity index (χ1v) is 7.90. The quantitative estimate of drug-likeness (QED) is 0.612. The van der Waals surface area contributed by atoms with Gasteiger partial charge < -0.3 is 9.72 Å². The van der Waals surface area contributed by atoms with E-state index in [-0.39, 0.29) is 5.56 Å². The molecule has 0 aliphatic rings. The number of H-pyrrole nitrogens is 1. The lowest BCUT2D eigenvalue weighted by Gasteiger charge is -2.14. The minimum absolute atomic E-state index is 0.147.